The van der Waals surface area contributed by atoms with Gasteiger partial charge in [-0.15, -0.1) is 24.0 Å². The summed E-state index contributed by atoms with van der Waals surface area (Å²) < 4.78 is 0. The molecule has 3 N–H and O–H groups in total. The van der Waals surface area contributed by atoms with Crippen molar-refractivity contribution in [3.05, 3.63) is 23.9 Å². The van der Waals surface area contributed by atoms with E-state index in [-0.39, 0.29) is 29.9 Å². The number of amides is 1. The first kappa shape index (κ1) is 23.6. The molecule has 8 heteroatoms. The maximum absolute atomic E-state index is 12.0. The number of pyridine rings is 1. The first-order valence-electron chi connectivity index (χ1n) is 9.64. The van der Waals surface area contributed by atoms with Gasteiger partial charge in [0.2, 0.25) is 5.91 Å². The molecule has 152 valence electrons. The lowest BCUT2D eigenvalue weighted by atomic mass is 10.1. The maximum atomic E-state index is 12.0. The molecule has 0 aliphatic carbocycles. The number of aromatic nitrogens is 1. The summed E-state index contributed by atoms with van der Waals surface area (Å²) in [5, 5.41) is 9.25. The molecule has 0 spiro atoms. The zero-order valence-corrected chi connectivity index (χ0v) is 18.8. The van der Waals surface area contributed by atoms with E-state index in [2.05, 4.69) is 30.8 Å². The molecule has 1 aromatic heterocycles. The van der Waals surface area contributed by atoms with Crippen LogP contribution in [0.3, 0.4) is 0 Å². The van der Waals surface area contributed by atoms with Crippen LogP contribution in [0.2, 0.25) is 0 Å². The van der Waals surface area contributed by atoms with Gasteiger partial charge in [0.1, 0.15) is 5.82 Å². The van der Waals surface area contributed by atoms with Gasteiger partial charge in [0, 0.05) is 32.3 Å². The van der Waals surface area contributed by atoms with Crippen LogP contribution < -0.4 is 16.0 Å². The zero-order chi connectivity index (χ0) is 18.6. The molecule has 1 aliphatic rings. The molecule has 0 bridgehead atoms. The maximum Gasteiger partial charge on any atom is 0.227 e. The van der Waals surface area contributed by atoms with E-state index in [9.17, 15) is 4.79 Å². The Hall–Kier alpha value is -1.42. The number of carbonyl (C=O) groups is 1. The van der Waals surface area contributed by atoms with Gasteiger partial charge in [0.15, 0.2) is 5.96 Å². The number of halogens is 1. The normalized spacial score (nSPS) is 15.0. The summed E-state index contributed by atoms with van der Waals surface area (Å²) in [6.45, 7) is 9.49. The minimum absolute atomic E-state index is 0. The van der Waals surface area contributed by atoms with Crippen molar-refractivity contribution in [1.82, 2.24) is 20.5 Å². The average molecular weight is 488 g/mol. The number of hydrogen-bond acceptors (Lipinski definition) is 4. The highest BCUT2D eigenvalue weighted by Crippen LogP contribution is 2.07. The average Bonchev–Trinajstić information content (AvgIpc) is 2.64. The molecule has 0 unspecified atom stereocenters. The van der Waals surface area contributed by atoms with E-state index >= 15 is 0 Å². The highest BCUT2D eigenvalue weighted by Gasteiger charge is 2.09. The molecule has 27 heavy (non-hydrogen) atoms. The summed E-state index contributed by atoms with van der Waals surface area (Å²) in [5.74, 6) is 1.30. The molecule has 7 nitrogen and oxygen atoms in total. The van der Waals surface area contributed by atoms with E-state index < -0.39 is 0 Å². The van der Waals surface area contributed by atoms with Gasteiger partial charge in [-0.3, -0.25) is 9.79 Å². The topological polar surface area (TPSA) is 81.7 Å². The molecule has 1 aliphatic heterocycles. The number of likely N-dealkylation sites (tertiary alicyclic amines) is 1. The third kappa shape index (κ3) is 9.90. The largest absolute Gasteiger partial charge is 0.357 e. The number of carbonyl (C=O) groups excluding carboxylic acids is 1. The van der Waals surface area contributed by atoms with Gasteiger partial charge >= 0.3 is 0 Å². The van der Waals surface area contributed by atoms with Gasteiger partial charge in [-0.2, -0.15) is 0 Å². The van der Waals surface area contributed by atoms with Crippen LogP contribution in [0, 0.1) is 6.92 Å². The van der Waals surface area contributed by atoms with Gasteiger partial charge in [0.05, 0.1) is 6.54 Å². The fraction of sp³-hybridized carbons (Fsp3) is 0.632. The van der Waals surface area contributed by atoms with Crippen molar-refractivity contribution < 1.29 is 4.79 Å². The number of anilines is 1. The van der Waals surface area contributed by atoms with Gasteiger partial charge in [0.25, 0.3) is 0 Å². The standard InChI is InChI=1S/C19H32N6O.HI/c1-3-20-19(22-11-14-25-12-5-4-6-13-25)21-10-9-18(26)24-17-8-7-16(2)15-23-17;/h7-8,15H,3-6,9-14H2,1-2H3,(H2,20,21,22)(H,23,24,26);1H. The van der Waals surface area contributed by atoms with E-state index in [4.69, 9.17) is 0 Å². The third-order valence-corrected chi connectivity index (χ3v) is 4.30. The van der Waals surface area contributed by atoms with Crippen molar-refractivity contribution in [1.29, 1.82) is 0 Å². The fourth-order valence-electron chi connectivity index (χ4n) is 2.87. The Bertz CT molecular complexity index is 572. The number of aryl methyl sites for hydroxylation is 1. The summed E-state index contributed by atoms with van der Waals surface area (Å²) in [6.07, 6.45) is 6.06. The molecule has 0 radical (unpaired) electrons. The molecule has 1 amide bonds. The lowest BCUT2D eigenvalue weighted by Crippen LogP contribution is -2.39. The highest BCUT2D eigenvalue weighted by molar-refractivity contribution is 14.0. The summed E-state index contributed by atoms with van der Waals surface area (Å²) in [7, 11) is 0. The van der Waals surface area contributed by atoms with E-state index in [0.717, 1.165) is 31.2 Å². The Morgan fingerprint density at radius 3 is 2.67 bits per heavy atom. The molecule has 1 fully saturated rings. The minimum atomic E-state index is -0.0574. The predicted molar refractivity (Wildman–Crippen MR) is 122 cm³/mol. The molecule has 0 saturated carbocycles. The van der Waals surface area contributed by atoms with Crippen LogP contribution in [0.5, 0.6) is 0 Å². The van der Waals surface area contributed by atoms with Crippen LogP contribution in [0.4, 0.5) is 5.82 Å². The Balaban J connectivity index is 0.00000364. The van der Waals surface area contributed by atoms with E-state index in [1.54, 1.807) is 6.20 Å². The number of guanidine groups is 1. The number of piperidine rings is 1. The summed E-state index contributed by atoms with van der Waals surface area (Å²) >= 11 is 0. The zero-order valence-electron chi connectivity index (χ0n) is 16.5. The lowest BCUT2D eigenvalue weighted by molar-refractivity contribution is -0.116. The van der Waals surface area contributed by atoms with E-state index in [0.29, 0.717) is 18.8 Å². The molecular formula is C19H33IN6O. The Morgan fingerprint density at radius 2 is 2.00 bits per heavy atom. The van der Waals surface area contributed by atoms with Crippen LogP contribution in [-0.2, 0) is 4.79 Å². The third-order valence-electron chi connectivity index (χ3n) is 4.30. The van der Waals surface area contributed by atoms with Gasteiger partial charge in [-0.1, -0.05) is 12.5 Å². The van der Waals surface area contributed by atoms with Crippen LogP contribution in [0.15, 0.2) is 23.3 Å². The molecule has 0 aromatic carbocycles. The second-order valence-electron chi connectivity index (χ2n) is 6.61. The summed E-state index contributed by atoms with van der Waals surface area (Å²) in [6, 6.07) is 3.74. The quantitative estimate of drug-likeness (QED) is 0.298. The second-order valence-corrected chi connectivity index (χ2v) is 6.61. The molecule has 2 rings (SSSR count). The SMILES string of the molecule is CCNC(=NCCN1CCCCC1)NCCC(=O)Nc1ccc(C)cn1.I. The van der Waals surface area contributed by atoms with E-state index in [1.165, 1.54) is 32.4 Å². The van der Waals surface area contributed by atoms with Crippen molar-refractivity contribution in [3.63, 3.8) is 0 Å². The van der Waals surface area contributed by atoms with Crippen molar-refractivity contribution >= 4 is 41.7 Å². The second kappa shape index (κ2) is 13.7. The lowest BCUT2D eigenvalue weighted by Gasteiger charge is -2.25. The number of nitrogens with one attached hydrogen (secondary N) is 3. The van der Waals surface area contributed by atoms with Crippen molar-refractivity contribution in [3.8, 4) is 0 Å². The number of hydrogen-bond donors (Lipinski definition) is 3. The van der Waals surface area contributed by atoms with Crippen molar-refractivity contribution in [2.24, 2.45) is 4.99 Å². The monoisotopic (exact) mass is 488 g/mol. The van der Waals surface area contributed by atoms with Gasteiger partial charge in [-0.25, -0.2) is 4.98 Å². The molecule has 1 saturated heterocycles. The minimum Gasteiger partial charge on any atom is -0.357 e. The number of nitrogens with zero attached hydrogens (tertiary/aromatic N) is 3. The first-order valence-corrected chi connectivity index (χ1v) is 9.64. The van der Waals surface area contributed by atoms with Crippen LogP contribution in [0.1, 0.15) is 38.2 Å². The molecule has 0 atom stereocenters. The van der Waals surface area contributed by atoms with Crippen molar-refractivity contribution in [2.45, 2.75) is 39.5 Å². The van der Waals surface area contributed by atoms with E-state index in [1.807, 2.05) is 26.0 Å². The van der Waals surface area contributed by atoms with Crippen LogP contribution in [-0.4, -0.2) is 61.0 Å². The Morgan fingerprint density at radius 1 is 1.22 bits per heavy atom. The molecular weight excluding hydrogens is 455 g/mol. The Kier molecular flexibility index (Phi) is 12.0. The molecule has 1 aromatic rings. The van der Waals surface area contributed by atoms with Gasteiger partial charge < -0.3 is 20.9 Å². The van der Waals surface area contributed by atoms with Gasteiger partial charge in [-0.05, 0) is 51.4 Å². The first-order chi connectivity index (χ1) is 12.7. The molecule has 2 heterocycles. The number of rotatable bonds is 8. The summed E-state index contributed by atoms with van der Waals surface area (Å²) in [4.78, 5) is 23.3. The van der Waals surface area contributed by atoms with Crippen LogP contribution >= 0.6 is 24.0 Å². The summed E-state index contributed by atoms with van der Waals surface area (Å²) in [5.41, 5.74) is 1.07. The van der Waals surface area contributed by atoms with Crippen molar-refractivity contribution in [2.75, 3.05) is 44.6 Å². The highest BCUT2D eigenvalue weighted by atomic mass is 127. The number of aliphatic imine (C=N–C) groups is 1. The smallest absolute Gasteiger partial charge is 0.227 e. The Labute approximate surface area is 179 Å². The van der Waals surface area contributed by atoms with Crippen LogP contribution in [0.25, 0.3) is 0 Å². The fourth-order valence-corrected chi connectivity index (χ4v) is 2.87. The predicted octanol–water partition coefficient (Wildman–Crippen LogP) is 2.38.